The molecule has 0 bridgehead atoms. The lowest BCUT2D eigenvalue weighted by atomic mass is 10.0. The van der Waals surface area contributed by atoms with Gasteiger partial charge in [-0.3, -0.25) is 0 Å². The Labute approximate surface area is 133 Å². The van der Waals surface area contributed by atoms with Gasteiger partial charge in [-0.15, -0.1) is 0 Å². The van der Waals surface area contributed by atoms with Gasteiger partial charge in [0.1, 0.15) is 0 Å². The molecule has 0 amide bonds. The van der Waals surface area contributed by atoms with Crippen LogP contribution >= 0.6 is 0 Å². The van der Waals surface area contributed by atoms with Gasteiger partial charge < -0.3 is 0 Å². The first-order valence-corrected chi connectivity index (χ1v) is 8.00. The van der Waals surface area contributed by atoms with Gasteiger partial charge in [-0.05, 0) is 61.1 Å². The third kappa shape index (κ3) is 3.04. The molecule has 3 aromatic rings. The molecule has 0 aliphatic heterocycles. The summed E-state index contributed by atoms with van der Waals surface area (Å²) < 4.78 is 0. The summed E-state index contributed by atoms with van der Waals surface area (Å²) in [5.74, 6) is 0.667. The predicted octanol–water partition coefficient (Wildman–Crippen LogP) is 5.72. The van der Waals surface area contributed by atoms with E-state index in [4.69, 9.17) is 4.98 Å². The summed E-state index contributed by atoms with van der Waals surface area (Å²) in [4.78, 5) is 4.88. The van der Waals surface area contributed by atoms with E-state index in [0.29, 0.717) is 5.92 Å². The van der Waals surface area contributed by atoms with Crippen molar-refractivity contribution in [2.45, 2.75) is 34.1 Å². The molecular weight excluding hydrogens is 266 g/mol. The standard InChI is InChI=1S/C21H23N/c1-14(2)11-17-6-8-18-9-10-20(22-21(18)13-17)19-7-5-15(3)16(4)12-19/h5-10,12-14H,11H2,1-4H3. The molecule has 1 heterocycles. The fourth-order valence-corrected chi connectivity index (χ4v) is 2.82. The van der Waals surface area contributed by atoms with Gasteiger partial charge in [-0.25, -0.2) is 4.98 Å². The van der Waals surface area contributed by atoms with E-state index in [1.165, 1.54) is 27.6 Å². The number of hydrogen-bond donors (Lipinski definition) is 0. The Kier molecular flexibility index (Phi) is 3.98. The van der Waals surface area contributed by atoms with Gasteiger partial charge >= 0.3 is 0 Å². The quantitative estimate of drug-likeness (QED) is 0.601. The van der Waals surface area contributed by atoms with Crippen molar-refractivity contribution in [3.8, 4) is 11.3 Å². The molecule has 0 aliphatic carbocycles. The molecule has 1 nitrogen and oxygen atoms in total. The molecule has 1 heteroatoms. The van der Waals surface area contributed by atoms with Crippen LogP contribution in [0.3, 0.4) is 0 Å². The van der Waals surface area contributed by atoms with E-state index in [-0.39, 0.29) is 0 Å². The molecule has 0 aliphatic rings. The summed E-state index contributed by atoms with van der Waals surface area (Å²) >= 11 is 0. The minimum Gasteiger partial charge on any atom is -0.248 e. The third-order valence-corrected chi connectivity index (χ3v) is 4.20. The highest BCUT2D eigenvalue weighted by atomic mass is 14.7. The summed E-state index contributed by atoms with van der Waals surface area (Å²) in [7, 11) is 0. The Morgan fingerprint density at radius 2 is 1.64 bits per heavy atom. The molecule has 0 atom stereocenters. The first-order valence-electron chi connectivity index (χ1n) is 8.00. The van der Waals surface area contributed by atoms with Crippen LogP contribution in [0.25, 0.3) is 22.2 Å². The SMILES string of the molecule is Cc1ccc(-c2ccc3ccc(CC(C)C)cc3n2)cc1C. The van der Waals surface area contributed by atoms with Crippen LogP contribution in [0.2, 0.25) is 0 Å². The number of nitrogens with zero attached hydrogens (tertiary/aromatic N) is 1. The highest BCUT2D eigenvalue weighted by molar-refractivity contribution is 5.82. The zero-order valence-electron chi connectivity index (χ0n) is 13.9. The smallest absolute Gasteiger partial charge is 0.0712 e. The molecule has 0 radical (unpaired) electrons. The summed E-state index contributed by atoms with van der Waals surface area (Å²) in [6.07, 6.45) is 1.10. The van der Waals surface area contributed by atoms with E-state index in [9.17, 15) is 0 Å². The maximum atomic E-state index is 4.88. The normalized spacial score (nSPS) is 11.3. The zero-order valence-corrected chi connectivity index (χ0v) is 13.9. The average Bonchev–Trinajstić information content (AvgIpc) is 2.48. The first-order chi connectivity index (χ1) is 10.5. The largest absolute Gasteiger partial charge is 0.248 e. The van der Waals surface area contributed by atoms with E-state index < -0.39 is 0 Å². The van der Waals surface area contributed by atoms with Crippen LogP contribution < -0.4 is 0 Å². The fourth-order valence-electron chi connectivity index (χ4n) is 2.82. The second-order valence-corrected chi connectivity index (χ2v) is 6.62. The van der Waals surface area contributed by atoms with Crippen LogP contribution in [-0.2, 0) is 6.42 Å². The summed E-state index contributed by atoms with van der Waals surface area (Å²) in [5, 5.41) is 1.21. The van der Waals surface area contributed by atoms with Gasteiger partial charge in [0, 0.05) is 10.9 Å². The van der Waals surface area contributed by atoms with E-state index in [0.717, 1.165) is 17.6 Å². The first kappa shape index (κ1) is 14.8. The van der Waals surface area contributed by atoms with E-state index in [1.54, 1.807) is 0 Å². The lowest BCUT2D eigenvalue weighted by molar-refractivity contribution is 0.648. The molecule has 112 valence electrons. The molecule has 1 aromatic heterocycles. The second-order valence-electron chi connectivity index (χ2n) is 6.62. The molecule has 0 spiro atoms. The summed E-state index contributed by atoms with van der Waals surface area (Å²) in [6, 6.07) is 17.5. The zero-order chi connectivity index (χ0) is 15.7. The number of rotatable bonds is 3. The number of benzene rings is 2. The van der Waals surface area contributed by atoms with Crippen LogP contribution in [0.15, 0.2) is 48.5 Å². The molecule has 0 saturated carbocycles. The highest BCUT2D eigenvalue weighted by Gasteiger charge is 2.05. The Balaban J connectivity index is 2.05. The lowest BCUT2D eigenvalue weighted by Crippen LogP contribution is -1.94. The second kappa shape index (κ2) is 5.92. The van der Waals surface area contributed by atoms with Crippen molar-refractivity contribution in [3.05, 3.63) is 65.2 Å². The number of pyridine rings is 1. The molecule has 0 N–H and O–H groups in total. The molecule has 3 rings (SSSR count). The van der Waals surface area contributed by atoms with Crippen molar-refractivity contribution in [2.24, 2.45) is 5.92 Å². The number of aryl methyl sites for hydroxylation is 2. The summed E-state index contributed by atoms with van der Waals surface area (Å²) in [6.45, 7) is 8.80. The van der Waals surface area contributed by atoms with Gasteiger partial charge in [0.05, 0.1) is 11.2 Å². The van der Waals surface area contributed by atoms with Crippen molar-refractivity contribution in [2.75, 3.05) is 0 Å². The topological polar surface area (TPSA) is 12.9 Å². The van der Waals surface area contributed by atoms with Crippen molar-refractivity contribution in [1.29, 1.82) is 0 Å². The molecule has 2 aromatic carbocycles. The van der Waals surface area contributed by atoms with Gasteiger partial charge in [-0.1, -0.05) is 44.2 Å². The van der Waals surface area contributed by atoms with Gasteiger partial charge in [-0.2, -0.15) is 0 Å². The summed E-state index contributed by atoms with van der Waals surface area (Å²) in [5.41, 5.74) is 7.34. The number of hydrogen-bond acceptors (Lipinski definition) is 1. The maximum absolute atomic E-state index is 4.88. The Morgan fingerprint density at radius 3 is 2.36 bits per heavy atom. The maximum Gasteiger partial charge on any atom is 0.0712 e. The van der Waals surface area contributed by atoms with E-state index in [2.05, 4.69) is 76.2 Å². The molecule has 0 fully saturated rings. The van der Waals surface area contributed by atoms with Gasteiger partial charge in [0.2, 0.25) is 0 Å². The fraction of sp³-hybridized carbons (Fsp3) is 0.286. The highest BCUT2D eigenvalue weighted by Crippen LogP contribution is 2.24. The van der Waals surface area contributed by atoms with Crippen LogP contribution in [0, 0.1) is 19.8 Å². The average molecular weight is 289 g/mol. The molecule has 22 heavy (non-hydrogen) atoms. The minimum atomic E-state index is 0.667. The van der Waals surface area contributed by atoms with Gasteiger partial charge in [0.25, 0.3) is 0 Å². The monoisotopic (exact) mass is 289 g/mol. The van der Waals surface area contributed by atoms with Crippen LogP contribution in [0.4, 0.5) is 0 Å². The molecule has 0 unspecified atom stereocenters. The van der Waals surface area contributed by atoms with Crippen molar-refractivity contribution < 1.29 is 0 Å². The Hall–Kier alpha value is -2.15. The third-order valence-electron chi connectivity index (χ3n) is 4.20. The van der Waals surface area contributed by atoms with E-state index >= 15 is 0 Å². The number of fused-ring (bicyclic) bond motifs is 1. The minimum absolute atomic E-state index is 0.667. The lowest BCUT2D eigenvalue weighted by Gasteiger charge is -2.09. The predicted molar refractivity (Wildman–Crippen MR) is 95.2 cm³/mol. The Morgan fingerprint density at radius 1 is 0.864 bits per heavy atom. The van der Waals surface area contributed by atoms with Crippen LogP contribution in [0.5, 0.6) is 0 Å². The van der Waals surface area contributed by atoms with Crippen LogP contribution in [0.1, 0.15) is 30.5 Å². The van der Waals surface area contributed by atoms with Crippen molar-refractivity contribution in [3.63, 3.8) is 0 Å². The van der Waals surface area contributed by atoms with Crippen molar-refractivity contribution in [1.82, 2.24) is 4.98 Å². The Bertz CT molecular complexity index is 815. The molecular formula is C21H23N. The number of aromatic nitrogens is 1. The van der Waals surface area contributed by atoms with Crippen molar-refractivity contribution >= 4 is 10.9 Å². The molecule has 0 saturated heterocycles. The van der Waals surface area contributed by atoms with E-state index in [1.807, 2.05) is 0 Å². The van der Waals surface area contributed by atoms with Crippen LogP contribution in [-0.4, -0.2) is 4.98 Å². The van der Waals surface area contributed by atoms with Gasteiger partial charge in [0.15, 0.2) is 0 Å².